The second kappa shape index (κ2) is 5.14. The molecule has 2 nitrogen and oxygen atoms in total. The van der Waals surface area contributed by atoms with Gasteiger partial charge in [-0.3, -0.25) is 9.88 Å². The minimum atomic E-state index is 0.540. The van der Waals surface area contributed by atoms with Crippen LogP contribution in [-0.4, -0.2) is 23.5 Å². The fourth-order valence-corrected chi connectivity index (χ4v) is 2.88. The molecule has 0 bridgehead atoms. The molecule has 1 unspecified atom stereocenters. The highest BCUT2D eigenvalue weighted by atomic mass is 15.1. The number of aryl methyl sites for hydroxylation is 1. The third-order valence-corrected chi connectivity index (χ3v) is 4.05. The van der Waals surface area contributed by atoms with E-state index in [1.807, 2.05) is 12.4 Å². The predicted molar refractivity (Wildman–Crippen MR) is 79.0 cm³/mol. The molecule has 1 aromatic heterocycles. The Morgan fingerprint density at radius 1 is 1.11 bits per heavy atom. The van der Waals surface area contributed by atoms with Gasteiger partial charge in [0.15, 0.2) is 0 Å². The molecule has 0 N–H and O–H groups in total. The first-order chi connectivity index (χ1) is 9.24. The minimum Gasteiger partial charge on any atom is -0.299 e. The molecule has 1 aromatic carbocycles. The van der Waals surface area contributed by atoms with Crippen LogP contribution < -0.4 is 0 Å². The molecule has 0 saturated carbocycles. The van der Waals surface area contributed by atoms with E-state index in [9.17, 15) is 0 Å². The first kappa shape index (κ1) is 12.4. The van der Waals surface area contributed by atoms with Crippen molar-refractivity contribution in [3.63, 3.8) is 0 Å². The smallest absolute Gasteiger partial charge is 0.0361 e. The van der Waals surface area contributed by atoms with Gasteiger partial charge < -0.3 is 0 Å². The lowest BCUT2D eigenvalue weighted by molar-refractivity contribution is 0.317. The van der Waals surface area contributed by atoms with Crippen molar-refractivity contribution in [2.75, 3.05) is 13.6 Å². The van der Waals surface area contributed by atoms with E-state index in [4.69, 9.17) is 0 Å². The molecule has 0 radical (unpaired) electrons. The number of nitrogens with zero attached hydrogens (tertiary/aromatic N) is 2. The van der Waals surface area contributed by atoms with E-state index in [1.165, 1.54) is 41.6 Å². The van der Waals surface area contributed by atoms with Gasteiger partial charge in [-0.2, -0.15) is 0 Å². The number of hydrogen-bond donors (Lipinski definition) is 0. The summed E-state index contributed by atoms with van der Waals surface area (Å²) in [6, 6.07) is 11.5. The highest BCUT2D eigenvalue weighted by Gasteiger charge is 2.22. The molecule has 0 amide bonds. The van der Waals surface area contributed by atoms with Crippen LogP contribution in [0.2, 0.25) is 0 Å². The SMILES string of the molecule is Cc1ccc(-c2cncc(C3CCCN3C)c2)cc1. The number of hydrogen-bond acceptors (Lipinski definition) is 2. The maximum absolute atomic E-state index is 4.44. The molecule has 0 spiro atoms. The topological polar surface area (TPSA) is 16.1 Å². The van der Waals surface area contributed by atoms with E-state index in [-0.39, 0.29) is 0 Å². The number of likely N-dealkylation sites (tertiary alicyclic amines) is 1. The van der Waals surface area contributed by atoms with Crippen molar-refractivity contribution < 1.29 is 0 Å². The van der Waals surface area contributed by atoms with Gasteiger partial charge in [0.05, 0.1) is 0 Å². The lowest BCUT2D eigenvalue weighted by Gasteiger charge is -2.19. The van der Waals surface area contributed by atoms with E-state index in [2.05, 4.69) is 54.2 Å². The molecule has 98 valence electrons. The first-order valence-electron chi connectivity index (χ1n) is 6.96. The maximum atomic E-state index is 4.44. The van der Waals surface area contributed by atoms with Crippen molar-refractivity contribution >= 4 is 0 Å². The van der Waals surface area contributed by atoms with Crippen LogP contribution in [0, 0.1) is 6.92 Å². The Balaban J connectivity index is 1.93. The van der Waals surface area contributed by atoms with E-state index < -0.39 is 0 Å². The average Bonchev–Trinajstić information content (AvgIpc) is 2.86. The van der Waals surface area contributed by atoms with Crippen LogP contribution in [0.5, 0.6) is 0 Å². The fourth-order valence-electron chi connectivity index (χ4n) is 2.88. The van der Waals surface area contributed by atoms with Gasteiger partial charge in [0.25, 0.3) is 0 Å². The van der Waals surface area contributed by atoms with Crippen molar-refractivity contribution in [2.45, 2.75) is 25.8 Å². The second-order valence-corrected chi connectivity index (χ2v) is 5.51. The summed E-state index contributed by atoms with van der Waals surface area (Å²) in [6.45, 7) is 3.31. The maximum Gasteiger partial charge on any atom is 0.0361 e. The summed E-state index contributed by atoms with van der Waals surface area (Å²) in [5.41, 5.74) is 5.11. The Hall–Kier alpha value is -1.67. The molecule has 3 rings (SSSR count). The summed E-state index contributed by atoms with van der Waals surface area (Å²) in [6.07, 6.45) is 6.51. The van der Waals surface area contributed by atoms with Crippen molar-refractivity contribution in [3.05, 3.63) is 53.9 Å². The molecule has 1 aliphatic rings. The molecule has 1 atom stereocenters. The largest absolute Gasteiger partial charge is 0.299 e. The Morgan fingerprint density at radius 2 is 1.89 bits per heavy atom. The number of benzene rings is 1. The van der Waals surface area contributed by atoms with E-state index in [0.717, 1.165) is 0 Å². The Kier molecular flexibility index (Phi) is 3.34. The predicted octanol–water partition coefficient (Wildman–Crippen LogP) is 3.82. The van der Waals surface area contributed by atoms with Gasteiger partial charge in [-0.1, -0.05) is 29.8 Å². The third kappa shape index (κ3) is 2.54. The zero-order valence-electron chi connectivity index (χ0n) is 11.6. The zero-order valence-corrected chi connectivity index (χ0v) is 11.6. The number of aromatic nitrogens is 1. The molecule has 1 aliphatic heterocycles. The molecule has 2 heterocycles. The Labute approximate surface area is 115 Å². The molecule has 2 aromatic rings. The van der Waals surface area contributed by atoms with Gasteiger partial charge in [0.1, 0.15) is 0 Å². The van der Waals surface area contributed by atoms with Crippen LogP contribution in [0.3, 0.4) is 0 Å². The molecule has 19 heavy (non-hydrogen) atoms. The summed E-state index contributed by atoms with van der Waals surface area (Å²) >= 11 is 0. The van der Waals surface area contributed by atoms with Gasteiger partial charge in [-0.25, -0.2) is 0 Å². The van der Waals surface area contributed by atoms with E-state index >= 15 is 0 Å². The molecule has 0 aliphatic carbocycles. The van der Waals surface area contributed by atoms with Crippen LogP contribution in [0.1, 0.15) is 30.0 Å². The van der Waals surface area contributed by atoms with Gasteiger partial charge in [-0.15, -0.1) is 0 Å². The van der Waals surface area contributed by atoms with Crippen LogP contribution in [0.4, 0.5) is 0 Å². The summed E-state index contributed by atoms with van der Waals surface area (Å²) in [5.74, 6) is 0. The van der Waals surface area contributed by atoms with Crippen LogP contribution in [0.15, 0.2) is 42.7 Å². The lowest BCUT2D eigenvalue weighted by Crippen LogP contribution is -2.17. The highest BCUT2D eigenvalue weighted by molar-refractivity contribution is 5.63. The fraction of sp³-hybridized carbons (Fsp3) is 0.353. The monoisotopic (exact) mass is 252 g/mol. The van der Waals surface area contributed by atoms with Crippen LogP contribution >= 0.6 is 0 Å². The highest BCUT2D eigenvalue weighted by Crippen LogP contribution is 2.31. The molecular weight excluding hydrogens is 232 g/mol. The minimum absolute atomic E-state index is 0.540. The Morgan fingerprint density at radius 3 is 2.58 bits per heavy atom. The number of rotatable bonds is 2. The lowest BCUT2D eigenvalue weighted by atomic mass is 10.0. The van der Waals surface area contributed by atoms with Gasteiger partial charge in [0.2, 0.25) is 0 Å². The van der Waals surface area contributed by atoms with Crippen LogP contribution in [-0.2, 0) is 0 Å². The zero-order chi connectivity index (χ0) is 13.2. The van der Waals surface area contributed by atoms with Crippen molar-refractivity contribution in [1.29, 1.82) is 0 Å². The summed E-state index contributed by atoms with van der Waals surface area (Å²) in [7, 11) is 2.20. The molecular formula is C17H20N2. The van der Waals surface area contributed by atoms with Crippen LogP contribution in [0.25, 0.3) is 11.1 Å². The second-order valence-electron chi connectivity index (χ2n) is 5.51. The average molecular weight is 252 g/mol. The van der Waals surface area contributed by atoms with Crippen molar-refractivity contribution in [1.82, 2.24) is 9.88 Å². The molecule has 1 fully saturated rings. The van der Waals surface area contributed by atoms with Crippen molar-refractivity contribution in [3.8, 4) is 11.1 Å². The Bertz CT molecular complexity index is 560. The van der Waals surface area contributed by atoms with Gasteiger partial charge in [-0.05, 0) is 50.6 Å². The van der Waals surface area contributed by atoms with E-state index in [0.29, 0.717) is 6.04 Å². The van der Waals surface area contributed by atoms with Crippen molar-refractivity contribution in [2.24, 2.45) is 0 Å². The number of pyridine rings is 1. The summed E-state index contributed by atoms with van der Waals surface area (Å²) < 4.78 is 0. The molecule has 1 saturated heterocycles. The first-order valence-corrected chi connectivity index (χ1v) is 6.96. The van der Waals surface area contributed by atoms with Gasteiger partial charge in [0, 0.05) is 24.0 Å². The van der Waals surface area contributed by atoms with Gasteiger partial charge >= 0.3 is 0 Å². The quantitative estimate of drug-likeness (QED) is 0.807. The summed E-state index contributed by atoms with van der Waals surface area (Å²) in [4.78, 5) is 6.86. The van der Waals surface area contributed by atoms with E-state index in [1.54, 1.807) is 0 Å². The molecule has 2 heteroatoms. The summed E-state index contributed by atoms with van der Waals surface area (Å²) in [5, 5.41) is 0. The normalized spacial score (nSPS) is 19.8. The third-order valence-electron chi connectivity index (χ3n) is 4.05. The standard InChI is InChI=1S/C17H20N2/c1-13-5-7-14(8-6-13)15-10-16(12-18-11-15)17-4-3-9-19(17)2/h5-8,10-12,17H,3-4,9H2,1-2H3.